The van der Waals surface area contributed by atoms with Crippen molar-refractivity contribution in [3.63, 3.8) is 0 Å². The molecule has 0 aliphatic heterocycles. The average molecular weight is 536 g/mol. The van der Waals surface area contributed by atoms with E-state index in [0.717, 1.165) is 22.8 Å². The summed E-state index contributed by atoms with van der Waals surface area (Å²) in [6, 6.07) is 16.4. The zero-order valence-electron chi connectivity index (χ0n) is 22.1. The Hall–Kier alpha value is -3.17. The maximum atomic E-state index is 12.7. The molecule has 7 nitrogen and oxygen atoms in total. The Labute approximate surface area is 226 Å². The molecule has 194 valence electrons. The number of thioether (sulfide) groups is 1. The summed E-state index contributed by atoms with van der Waals surface area (Å²) in [5, 5.41) is 14.9. The van der Waals surface area contributed by atoms with Crippen LogP contribution in [0.1, 0.15) is 69.6 Å². The Morgan fingerprint density at radius 2 is 1.73 bits per heavy atom. The molecule has 0 saturated carbocycles. The lowest BCUT2D eigenvalue weighted by atomic mass is 10.0. The van der Waals surface area contributed by atoms with Gasteiger partial charge in [0.05, 0.1) is 11.4 Å². The Morgan fingerprint density at radius 3 is 2.38 bits per heavy atom. The number of ether oxygens (including phenoxy) is 1. The van der Waals surface area contributed by atoms with Crippen molar-refractivity contribution in [1.29, 1.82) is 0 Å². The number of carbonyl (C=O) groups is 1. The first kappa shape index (κ1) is 26.9. The molecule has 0 saturated heterocycles. The van der Waals surface area contributed by atoms with Crippen LogP contribution in [0.2, 0.25) is 0 Å². The molecule has 1 amide bonds. The molecule has 2 aromatic carbocycles. The normalized spacial score (nSPS) is 12.2. The topological polar surface area (TPSA) is 81.9 Å². The van der Waals surface area contributed by atoms with Gasteiger partial charge in [0.25, 0.3) is 0 Å². The van der Waals surface area contributed by atoms with Gasteiger partial charge in [0.2, 0.25) is 5.91 Å². The van der Waals surface area contributed by atoms with Crippen LogP contribution in [0.4, 0.5) is 5.13 Å². The molecule has 0 aliphatic carbocycles. The second-order valence-corrected chi connectivity index (χ2v) is 11.3. The van der Waals surface area contributed by atoms with Crippen molar-refractivity contribution >= 4 is 34.1 Å². The van der Waals surface area contributed by atoms with Crippen LogP contribution < -0.4 is 10.1 Å². The standard InChI is InChI=1S/C28H33N5O2S2/c1-17(2)21-11-13-23(14-12-21)35-20(6)26-31-32-28(33(26)18(3)4)37-16-25(34)30-27-29-24(15-36-27)22-9-7-19(5)8-10-22/h7-15,17-18,20H,16H2,1-6H3,(H,29,30,34). The van der Waals surface area contributed by atoms with Gasteiger partial charge in [-0.3, -0.25) is 4.79 Å². The van der Waals surface area contributed by atoms with E-state index >= 15 is 0 Å². The predicted octanol–water partition coefficient (Wildman–Crippen LogP) is 7.29. The van der Waals surface area contributed by atoms with Gasteiger partial charge in [-0.1, -0.05) is 67.6 Å². The summed E-state index contributed by atoms with van der Waals surface area (Å²) in [7, 11) is 0. The molecule has 0 aliphatic rings. The van der Waals surface area contributed by atoms with Crippen molar-refractivity contribution in [1.82, 2.24) is 19.7 Å². The van der Waals surface area contributed by atoms with Gasteiger partial charge in [-0.05, 0) is 51.3 Å². The Morgan fingerprint density at radius 1 is 1.03 bits per heavy atom. The number of carbonyl (C=O) groups excluding carboxylic acids is 1. The maximum absolute atomic E-state index is 12.7. The number of nitrogens with zero attached hydrogens (tertiary/aromatic N) is 4. The van der Waals surface area contributed by atoms with Gasteiger partial charge in [-0.25, -0.2) is 4.98 Å². The highest BCUT2D eigenvalue weighted by molar-refractivity contribution is 7.99. The summed E-state index contributed by atoms with van der Waals surface area (Å²) >= 11 is 2.77. The van der Waals surface area contributed by atoms with Gasteiger partial charge >= 0.3 is 0 Å². The van der Waals surface area contributed by atoms with Crippen LogP contribution in [0.3, 0.4) is 0 Å². The summed E-state index contributed by atoms with van der Waals surface area (Å²) in [6.45, 7) is 12.5. The van der Waals surface area contributed by atoms with E-state index in [1.165, 1.54) is 34.2 Å². The van der Waals surface area contributed by atoms with Gasteiger partial charge in [-0.2, -0.15) is 0 Å². The van der Waals surface area contributed by atoms with Crippen molar-refractivity contribution in [3.05, 3.63) is 70.9 Å². The zero-order valence-corrected chi connectivity index (χ0v) is 23.7. The molecule has 4 rings (SSSR count). The summed E-state index contributed by atoms with van der Waals surface area (Å²) in [6.07, 6.45) is -0.293. The summed E-state index contributed by atoms with van der Waals surface area (Å²) in [5.41, 5.74) is 4.35. The number of rotatable bonds is 10. The zero-order chi connectivity index (χ0) is 26.5. The molecule has 0 bridgehead atoms. The van der Waals surface area contributed by atoms with Gasteiger partial charge in [0, 0.05) is 17.0 Å². The van der Waals surface area contributed by atoms with E-state index in [9.17, 15) is 4.79 Å². The Kier molecular flexibility index (Phi) is 8.66. The smallest absolute Gasteiger partial charge is 0.236 e. The van der Waals surface area contributed by atoms with Crippen molar-refractivity contribution < 1.29 is 9.53 Å². The minimum absolute atomic E-state index is 0.112. The second-order valence-electron chi connectivity index (χ2n) is 9.53. The van der Waals surface area contributed by atoms with Crippen molar-refractivity contribution in [2.45, 2.75) is 64.8 Å². The summed E-state index contributed by atoms with van der Waals surface area (Å²) < 4.78 is 8.20. The van der Waals surface area contributed by atoms with Crippen LogP contribution >= 0.6 is 23.1 Å². The molecule has 2 aromatic heterocycles. The molecular formula is C28H33N5O2S2. The third-order valence-electron chi connectivity index (χ3n) is 5.86. The first-order valence-corrected chi connectivity index (χ1v) is 14.2. The maximum Gasteiger partial charge on any atom is 0.236 e. The number of hydrogen-bond donors (Lipinski definition) is 1. The van der Waals surface area contributed by atoms with E-state index in [0.29, 0.717) is 16.2 Å². The average Bonchev–Trinajstić information content (AvgIpc) is 3.51. The molecular weight excluding hydrogens is 502 g/mol. The third kappa shape index (κ3) is 6.78. The highest BCUT2D eigenvalue weighted by Crippen LogP contribution is 2.29. The van der Waals surface area contributed by atoms with E-state index < -0.39 is 0 Å². The molecule has 1 unspecified atom stereocenters. The largest absolute Gasteiger partial charge is 0.483 e. The van der Waals surface area contributed by atoms with Gasteiger partial charge in [0.1, 0.15) is 5.75 Å². The van der Waals surface area contributed by atoms with Crippen LogP contribution in [0.25, 0.3) is 11.3 Å². The van der Waals surface area contributed by atoms with Crippen LogP contribution in [0.5, 0.6) is 5.75 Å². The monoisotopic (exact) mass is 535 g/mol. The number of nitrogens with one attached hydrogen (secondary N) is 1. The van der Waals surface area contributed by atoms with Crippen molar-refractivity contribution in [3.8, 4) is 17.0 Å². The van der Waals surface area contributed by atoms with E-state index in [1.807, 2.05) is 41.1 Å². The number of hydrogen-bond acceptors (Lipinski definition) is 7. The van der Waals surface area contributed by atoms with Gasteiger partial charge < -0.3 is 14.6 Å². The highest BCUT2D eigenvalue weighted by Gasteiger charge is 2.22. The molecule has 4 aromatic rings. The third-order valence-corrected chi connectivity index (χ3v) is 7.56. The number of benzene rings is 2. The summed E-state index contributed by atoms with van der Waals surface area (Å²) in [4.78, 5) is 17.2. The predicted molar refractivity (Wildman–Crippen MR) is 152 cm³/mol. The number of aromatic nitrogens is 4. The SMILES string of the molecule is Cc1ccc(-c2csc(NC(=O)CSc3nnc(C(C)Oc4ccc(C(C)C)cc4)n3C(C)C)n2)cc1. The van der Waals surface area contributed by atoms with Crippen LogP contribution in [0, 0.1) is 6.92 Å². The van der Waals surface area contributed by atoms with Gasteiger partial charge in [-0.15, -0.1) is 21.5 Å². The Bertz CT molecular complexity index is 1330. The molecule has 9 heteroatoms. The van der Waals surface area contributed by atoms with Crippen LogP contribution in [-0.4, -0.2) is 31.4 Å². The first-order chi connectivity index (χ1) is 17.7. The fourth-order valence-corrected chi connectivity index (χ4v) is 5.42. The quantitative estimate of drug-likeness (QED) is 0.215. The molecule has 2 heterocycles. The number of aryl methyl sites for hydroxylation is 1. The highest BCUT2D eigenvalue weighted by atomic mass is 32.2. The van der Waals surface area contributed by atoms with Crippen LogP contribution in [-0.2, 0) is 4.79 Å². The minimum Gasteiger partial charge on any atom is -0.483 e. The van der Waals surface area contributed by atoms with E-state index in [1.54, 1.807) is 0 Å². The lowest BCUT2D eigenvalue weighted by Gasteiger charge is -2.19. The van der Waals surface area contributed by atoms with Crippen LogP contribution in [0.15, 0.2) is 59.1 Å². The van der Waals surface area contributed by atoms with Crippen molar-refractivity contribution in [2.75, 3.05) is 11.1 Å². The molecule has 1 N–H and O–H groups in total. The Balaban J connectivity index is 1.38. The lowest BCUT2D eigenvalue weighted by Crippen LogP contribution is -2.16. The fourth-order valence-electron chi connectivity index (χ4n) is 3.81. The number of anilines is 1. The van der Waals surface area contributed by atoms with E-state index in [4.69, 9.17) is 4.74 Å². The minimum atomic E-state index is -0.293. The number of thiazole rings is 1. The molecule has 1 atom stereocenters. The van der Waals surface area contributed by atoms with Gasteiger partial charge in [0.15, 0.2) is 22.2 Å². The van der Waals surface area contributed by atoms with E-state index in [2.05, 4.69) is 79.4 Å². The lowest BCUT2D eigenvalue weighted by molar-refractivity contribution is -0.113. The van der Waals surface area contributed by atoms with E-state index in [-0.39, 0.29) is 23.8 Å². The summed E-state index contributed by atoms with van der Waals surface area (Å²) in [5.74, 6) is 2.06. The number of amides is 1. The molecule has 37 heavy (non-hydrogen) atoms. The molecule has 0 fully saturated rings. The second kappa shape index (κ2) is 11.9. The van der Waals surface area contributed by atoms with Crippen molar-refractivity contribution in [2.24, 2.45) is 0 Å². The molecule has 0 radical (unpaired) electrons. The first-order valence-electron chi connectivity index (χ1n) is 12.4. The molecule has 0 spiro atoms. The fraction of sp³-hybridized carbons (Fsp3) is 0.357.